The van der Waals surface area contributed by atoms with Crippen molar-refractivity contribution in [2.75, 3.05) is 12.3 Å². The van der Waals surface area contributed by atoms with Crippen LogP contribution in [0.25, 0.3) is 0 Å². The van der Waals surface area contributed by atoms with E-state index in [1.807, 2.05) is 0 Å². The van der Waals surface area contributed by atoms with Crippen molar-refractivity contribution in [3.05, 3.63) is 29.8 Å². The molecule has 1 rings (SSSR count). The van der Waals surface area contributed by atoms with E-state index in [1.54, 1.807) is 24.3 Å². The van der Waals surface area contributed by atoms with E-state index < -0.39 is 25.1 Å². The molecule has 0 saturated carbocycles. The second-order valence-electron chi connectivity index (χ2n) is 4.18. The van der Waals surface area contributed by atoms with Crippen LogP contribution in [0.1, 0.15) is 12.0 Å². The highest BCUT2D eigenvalue weighted by Gasteiger charge is 2.57. The number of halogens is 6. The van der Waals surface area contributed by atoms with Gasteiger partial charge in [-0.1, -0.05) is 12.1 Å². The summed E-state index contributed by atoms with van der Waals surface area (Å²) in [5.41, 5.74) is 6.70. The van der Waals surface area contributed by atoms with Gasteiger partial charge in [0.15, 0.2) is 0 Å². The molecular weight excluding hydrogens is 288 g/mol. The van der Waals surface area contributed by atoms with Crippen molar-refractivity contribution < 1.29 is 31.1 Å². The minimum Gasteiger partial charge on any atom is -0.399 e. The van der Waals surface area contributed by atoms with Crippen LogP contribution in [-0.2, 0) is 11.2 Å². The largest absolute Gasteiger partial charge is 0.423 e. The smallest absolute Gasteiger partial charge is 0.399 e. The molecule has 0 atom stereocenters. The van der Waals surface area contributed by atoms with E-state index in [0.717, 1.165) is 5.56 Å². The van der Waals surface area contributed by atoms with E-state index >= 15 is 0 Å². The van der Waals surface area contributed by atoms with Gasteiger partial charge in [-0.15, -0.1) is 0 Å². The Labute approximate surface area is 111 Å². The Kier molecular flexibility index (Phi) is 5.27. The zero-order chi connectivity index (χ0) is 15.4. The highest BCUT2D eigenvalue weighted by atomic mass is 19.4. The molecule has 8 heteroatoms. The number of benzene rings is 1. The van der Waals surface area contributed by atoms with Crippen molar-refractivity contribution in [2.45, 2.75) is 31.3 Å². The van der Waals surface area contributed by atoms with Gasteiger partial charge in [0.25, 0.3) is 0 Å². The highest BCUT2D eigenvalue weighted by Crippen LogP contribution is 2.35. The Balaban J connectivity index is 2.46. The molecule has 0 saturated heterocycles. The number of rotatable bonds is 5. The summed E-state index contributed by atoms with van der Waals surface area (Å²) in [5.74, 6) is 0. The number of ether oxygens (including phenoxy) is 1. The third-order valence-electron chi connectivity index (χ3n) is 2.44. The molecule has 1 aromatic carbocycles. The summed E-state index contributed by atoms with van der Waals surface area (Å²) in [6.07, 6.45) is -14.3. The molecule has 0 bridgehead atoms. The fourth-order valence-electron chi connectivity index (χ4n) is 1.60. The Bertz CT molecular complexity index is 415. The summed E-state index contributed by atoms with van der Waals surface area (Å²) in [6, 6.07) is 6.56. The number of alkyl halides is 6. The molecule has 0 heterocycles. The van der Waals surface area contributed by atoms with Crippen LogP contribution in [0.15, 0.2) is 24.3 Å². The summed E-state index contributed by atoms with van der Waals surface area (Å²) in [5, 5.41) is 0. The van der Waals surface area contributed by atoms with Gasteiger partial charge >= 0.3 is 12.4 Å². The molecule has 1 aromatic rings. The van der Waals surface area contributed by atoms with Gasteiger partial charge in [0.05, 0.1) is 0 Å². The molecule has 0 aromatic heterocycles. The monoisotopic (exact) mass is 301 g/mol. The predicted octanol–water partition coefficient (Wildman–Crippen LogP) is 3.71. The van der Waals surface area contributed by atoms with Gasteiger partial charge in [-0.05, 0) is 30.5 Å². The van der Waals surface area contributed by atoms with Gasteiger partial charge in [-0.2, -0.15) is 26.3 Å². The van der Waals surface area contributed by atoms with Crippen LogP contribution in [0.2, 0.25) is 0 Å². The van der Waals surface area contributed by atoms with Crippen molar-refractivity contribution in [2.24, 2.45) is 0 Å². The number of nitrogen functional groups attached to an aromatic ring is 1. The minimum atomic E-state index is -5.46. The molecule has 20 heavy (non-hydrogen) atoms. The predicted molar refractivity (Wildman–Crippen MR) is 61.0 cm³/mol. The lowest BCUT2D eigenvalue weighted by Crippen LogP contribution is -2.44. The second kappa shape index (κ2) is 6.34. The van der Waals surface area contributed by atoms with Gasteiger partial charge in [0.1, 0.15) is 0 Å². The van der Waals surface area contributed by atoms with Crippen LogP contribution in [0, 0.1) is 0 Å². The van der Waals surface area contributed by atoms with Crippen LogP contribution >= 0.6 is 0 Å². The quantitative estimate of drug-likeness (QED) is 0.511. The summed E-state index contributed by atoms with van der Waals surface area (Å²) in [4.78, 5) is 0. The summed E-state index contributed by atoms with van der Waals surface area (Å²) >= 11 is 0. The first-order chi connectivity index (χ1) is 9.10. The van der Waals surface area contributed by atoms with Crippen molar-refractivity contribution >= 4 is 5.69 Å². The second-order valence-corrected chi connectivity index (χ2v) is 4.18. The van der Waals surface area contributed by atoms with Crippen molar-refractivity contribution in [3.63, 3.8) is 0 Å². The van der Waals surface area contributed by atoms with E-state index in [2.05, 4.69) is 4.74 Å². The fraction of sp³-hybridized carbons (Fsp3) is 0.500. The lowest BCUT2D eigenvalue weighted by atomic mass is 10.1. The molecule has 0 radical (unpaired) electrons. The topological polar surface area (TPSA) is 35.2 Å². The number of anilines is 1. The number of hydrogen-bond donors (Lipinski definition) is 1. The first-order valence-electron chi connectivity index (χ1n) is 5.70. The molecule has 0 unspecified atom stereocenters. The average Bonchev–Trinajstić information content (AvgIpc) is 2.25. The summed E-state index contributed by atoms with van der Waals surface area (Å²) in [7, 11) is 0. The molecule has 0 fully saturated rings. The first-order valence-corrected chi connectivity index (χ1v) is 5.70. The van der Waals surface area contributed by atoms with Crippen molar-refractivity contribution in [1.82, 2.24) is 0 Å². The van der Waals surface area contributed by atoms with Crippen LogP contribution in [0.4, 0.5) is 32.0 Å². The van der Waals surface area contributed by atoms with E-state index in [4.69, 9.17) is 5.73 Å². The summed E-state index contributed by atoms with van der Waals surface area (Å²) in [6.45, 7) is -0.640. The van der Waals surface area contributed by atoms with Gasteiger partial charge in [-0.25, -0.2) is 0 Å². The molecule has 0 amide bonds. The van der Waals surface area contributed by atoms with Crippen molar-refractivity contribution in [1.29, 1.82) is 0 Å². The maximum atomic E-state index is 12.2. The Hall–Kier alpha value is -1.44. The molecule has 2 nitrogen and oxygen atoms in total. The van der Waals surface area contributed by atoms with Crippen LogP contribution in [-0.4, -0.2) is 25.1 Å². The third-order valence-corrected chi connectivity index (χ3v) is 2.44. The number of aryl methyl sites for hydroxylation is 1. The van der Waals surface area contributed by atoms with Gasteiger partial charge in [0, 0.05) is 12.3 Å². The van der Waals surface area contributed by atoms with E-state index in [1.165, 1.54) is 0 Å². The Morgan fingerprint density at radius 3 is 2.15 bits per heavy atom. The normalized spacial score (nSPS) is 12.9. The number of hydrogen-bond acceptors (Lipinski definition) is 2. The highest BCUT2D eigenvalue weighted by molar-refractivity contribution is 5.40. The van der Waals surface area contributed by atoms with Crippen LogP contribution in [0.3, 0.4) is 0 Å². The zero-order valence-electron chi connectivity index (χ0n) is 10.3. The minimum absolute atomic E-state index is 0.0338. The van der Waals surface area contributed by atoms with Gasteiger partial charge in [-0.3, -0.25) is 0 Å². The van der Waals surface area contributed by atoms with Crippen molar-refractivity contribution in [3.8, 4) is 0 Å². The maximum Gasteiger partial charge on any atom is 0.423 e. The maximum absolute atomic E-state index is 12.2. The van der Waals surface area contributed by atoms with E-state index in [9.17, 15) is 26.3 Å². The number of nitrogens with two attached hydrogens (primary N) is 1. The molecule has 0 aliphatic heterocycles. The fourth-order valence-corrected chi connectivity index (χ4v) is 1.60. The Morgan fingerprint density at radius 1 is 1.05 bits per heavy atom. The Morgan fingerprint density at radius 2 is 1.65 bits per heavy atom. The molecule has 114 valence electrons. The molecule has 0 spiro atoms. The first kappa shape index (κ1) is 16.6. The van der Waals surface area contributed by atoms with Crippen LogP contribution < -0.4 is 5.73 Å². The molecular formula is C12H13F6NO. The zero-order valence-corrected chi connectivity index (χ0v) is 10.3. The summed E-state index contributed by atoms with van der Waals surface area (Å²) < 4.78 is 76.9. The van der Waals surface area contributed by atoms with Crippen LogP contribution in [0.5, 0.6) is 0 Å². The molecule has 0 aliphatic carbocycles. The SMILES string of the molecule is Nc1cccc(CCCOC(C(F)(F)F)C(F)(F)F)c1. The molecule has 2 N–H and O–H groups in total. The van der Waals surface area contributed by atoms with Gasteiger partial charge in [0.2, 0.25) is 6.10 Å². The molecule has 0 aliphatic rings. The standard InChI is InChI=1S/C12H13F6NO/c13-11(14,15)10(12(16,17)18)20-6-2-4-8-3-1-5-9(19)7-8/h1,3,5,7,10H,2,4,6,19H2. The average molecular weight is 301 g/mol. The van der Waals surface area contributed by atoms with Gasteiger partial charge < -0.3 is 10.5 Å². The lowest BCUT2D eigenvalue weighted by Gasteiger charge is -2.23. The van der Waals surface area contributed by atoms with E-state index in [-0.39, 0.29) is 12.8 Å². The third kappa shape index (κ3) is 5.28. The lowest BCUT2D eigenvalue weighted by molar-refractivity contribution is -0.321. The van der Waals surface area contributed by atoms with E-state index in [0.29, 0.717) is 5.69 Å².